The van der Waals surface area contributed by atoms with Crippen LogP contribution in [0.2, 0.25) is 0 Å². The van der Waals surface area contributed by atoms with Crippen LogP contribution in [-0.4, -0.2) is 57.2 Å². The van der Waals surface area contributed by atoms with Crippen molar-refractivity contribution in [1.82, 2.24) is 24.0 Å². The summed E-state index contributed by atoms with van der Waals surface area (Å²) in [5.74, 6) is 0.748. The van der Waals surface area contributed by atoms with Gasteiger partial charge in [-0.05, 0) is 14.0 Å². The highest BCUT2D eigenvalue weighted by molar-refractivity contribution is 5.74. The van der Waals surface area contributed by atoms with E-state index in [1.807, 2.05) is 23.6 Å². The highest BCUT2D eigenvalue weighted by Gasteiger charge is 2.23. The van der Waals surface area contributed by atoms with E-state index < -0.39 is 5.69 Å². The van der Waals surface area contributed by atoms with Crippen LogP contribution in [0.15, 0.2) is 21.7 Å². The molecule has 8 heteroatoms. The number of hydrogen-bond acceptors (Lipinski definition) is 5. The van der Waals surface area contributed by atoms with Gasteiger partial charge < -0.3 is 14.4 Å². The molecule has 124 valence electrons. The summed E-state index contributed by atoms with van der Waals surface area (Å²) in [4.78, 5) is 35.5. The maximum absolute atomic E-state index is 12.3. The normalized spacial score (nSPS) is 16.7. The van der Waals surface area contributed by atoms with E-state index in [4.69, 9.17) is 0 Å². The zero-order valence-electron chi connectivity index (χ0n) is 13.7. The molecule has 1 fully saturated rings. The van der Waals surface area contributed by atoms with Gasteiger partial charge in [-0.15, -0.1) is 0 Å². The molecule has 23 heavy (non-hydrogen) atoms. The minimum absolute atomic E-state index is 0.388. The number of rotatable bonds is 3. The predicted molar refractivity (Wildman–Crippen MR) is 90.1 cm³/mol. The number of allylic oxidation sites excluding steroid dienone is 2. The minimum Gasteiger partial charge on any atom is -0.340 e. The van der Waals surface area contributed by atoms with Crippen LogP contribution < -0.4 is 16.1 Å². The molecule has 1 aliphatic heterocycles. The van der Waals surface area contributed by atoms with Crippen molar-refractivity contribution >= 4 is 17.1 Å². The number of aryl methyl sites for hydroxylation is 1. The van der Waals surface area contributed by atoms with E-state index in [1.165, 1.54) is 4.57 Å². The van der Waals surface area contributed by atoms with Crippen LogP contribution in [0.4, 0.5) is 5.95 Å². The summed E-state index contributed by atoms with van der Waals surface area (Å²) in [5.41, 5.74) is 0.0416. The Hall–Kier alpha value is -2.35. The van der Waals surface area contributed by atoms with Crippen molar-refractivity contribution in [2.24, 2.45) is 7.05 Å². The molecule has 1 N–H and O–H groups in total. The molecule has 0 unspecified atom stereocenters. The van der Waals surface area contributed by atoms with E-state index in [2.05, 4.69) is 26.8 Å². The van der Waals surface area contributed by atoms with Crippen molar-refractivity contribution in [1.29, 1.82) is 0 Å². The second kappa shape index (κ2) is 6.04. The number of fused-ring (bicyclic) bond motifs is 1. The van der Waals surface area contributed by atoms with Gasteiger partial charge in [0.05, 0.1) is 0 Å². The van der Waals surface area contributed by atoms with Gasteiger partial charge in [-0.2, -0.15) is 4.98 Å². The molecule has 0 amide bonds. The SMILES string of the molecule is CC=CCn1c(N2CCN(C)CC2)nc2c1c(=O)[nH]c(=O)n2C. The lowest BCUT2D eigenvalue weighted by Gasteiger charge is -2.33. The fraction of sp³-hybridized carbons (Fsp3) is 0.533. The molecule has 0 spiro atoms. The van der Waals surface area contributed by atoms with Gasteiger partial charge in [0.1, 0.15) is 0 Å². The molecule has 3 heterocycles. The van der Waals surface area contributed by atoms with Gasteiger partial charge in [-0.25, -0.2) is 4.79 Å². The molecule has 0 radical (unpaired) electrons. The first kappa shape index (κ1) is 15.5. The Balaban J connectivity index is 2.20. The summed E-state index contributed by atoms with van der Waals surface area (Å²) in [5, 5.41) is 0. The average molecular weight is 318 g/mol. The molecule has 0 bridgehead atoms. The zero-order valence-corrected chi connectivity index (χ0v) is 13.7. The van der Waals surface area contributed by atoms with Crippen molar-refractivity contribution in [3.8, 4) is 0 Å². The molecule has 1 saturated heterocycles. The summed E-state index contributed by atoms with van der Waals surface area (Å²) in [7, 11) is 3.72. The lowest BCUT2D eigenvalue weighted by Crippen LogP contribution is -2.45. The Morgan fingerprint density at radius 1 is 1.17 bits per heavy atom. The third kappa shape index (κ3) is 2.70. The van der Waals surface area contributed by atoms with E-state index in [0.717, 1.165) is 32.1 Å². The Morgan fingerprint density at radius 3 is 2.52 bits per heavy atom. The van der Waals surface area contributed by atoms with Crippen molar-refractivity contribution in [3.05, 3.63) is 33.0 Å². The number of piperazine rings is 1. The minimum atomic E-state index is -0.442. The van der Waals surface area contributed by atoms with Gasteiger partial charge in [0.15, 0.2) is 11.2 Å². The first-order valence-corrected chi connectivity index (χ1v) is 7.77. The van der Waals surface area contributed by atoms with Crippen LogP contribution >= 0.6 is 0 Å². The topological polar surface area (TPSA) is 79.2 Å². The molecule has 0 saturated carbocycles. The monoisotopic (exact) mass is 318 g/mol. The zero-order chi connectivity index (χ0) is 16.6. The number of nitrogens with one attached hydrogen (secondary N) is 1. The van der Waals surface area contributed by atoms with Gasteiger partial charge in [-0.3, -0.25) is 14.3 Å². The fourth-order valence-electron chi connectivity index (χ4n) is 2.85. The van der Waals surface area contributed by atoms with Crippen molar-refractivity contribution < 1.29 is 0 Å². The summed E-state index contributed by atoms with van der Waals surface area (Å²) in [6, 6.07) is 0. The summed E-state index contributed by atoms with van der Waals surface area (Å²) in [6.07, 6.45) is 3.92. The van der Waals surface area contributed by atoms with Crippen LogP contribution in [0.3, 0.4) is 0 Å². The number of likely N-dealkylation sites (N-methyl/N-ethyl adjacent to an activating group) is 1. The van der Waals surface area contributed by atoms with E-state index in [1.54, 1.807) is 7.05 Å². The third-order valence-electron chi connectivity index (χ3n) is 4.30. The van der Waals surface area contributed by atoms with Gasteiger partial charge in [0, 0.05) is 39.8 Å². The first-order valence-electron chi connectivity index (χ1n) is 7.77. The van der Waals surface area contributed by atoms with Crippen LogP contribution in [0.25, 0.3) is 11.2 Å². The van der Waals surface area contributed by atoms with Crippen LogP contribution in [-0.2, 0) is 13.6 Å². The maximum atomic E-state index is 12.3. The van der Waals surface area contributed by atoms with Crippen molar-refractivity contribution in [2.75, 3.05) is 38.1 Å². The average Bonchev–Trinajstić information content (AvgIpc) is 2.91. The Kier molecular flexibility index (Phi) is 4.08. The molecule has 0 atom stereocenters. The number of imidazole rings is 1. The van der Waals surface area contributed by atoms with Gasteiger partial charge in [0.2, 0.25) is 5.95 Å². The van der Waals surface area contributed by atoms with Gasteiger partial charge in [-0.1, -0.05) is 12.2 Å². The van der Waals surface area contributed by atoms with Gasteiger partial charge in [0.25, 0.3) is 5.56 Å². The molecule has 8 nitrogen and oxygen atoms in total. The Morgan fingerprint density at radius 2 is 1.87 bits per heavy atom. The van der Waals surface area contributed by atoms with Crippen LogP contribution in [0.5, 0.6) is 0 Å². The summed E-state index contributed by atoms with van der Waals surface area (Å²) in [6.45, 7) is 6.08. The van der Waals surface area contributed by atoms with Crippen molar-refractivity contribution in [2.45, 2.75) is 13.5 Å². The predicted octanol–water partition coefficient (Wildman–Crippen LogP) is -0.249. The number of anilines is 1. The van der Waals surface area contributed by atoms with Gasteiger partial charge >= 0.3 is 5.69 Å². The molecule has 0 aromatic carbocycles. The quantitative estimate of drug-likeness (QED) is 0.790. The second-order valence-electron chi connectivity index (χ2n) is 5.87. The maximum Gasteiger partial charge on any atom is 0.329 e. The number of aromatic nitrogens is 4. The molecule has 1 aliphatic rings. The molecule has 3 rings (SSSR count). The number of H-pyrrole nitrogens is 1. The number of hydrogen-bond donors (Lipinski definition) is 1. The second-order valence-corrected chi connectivity index (χ2v) is 5.87. The third-order valence-corrected chi connectivity index (χ3v) is 4.30. The standard InChI is InChI=1S/C15H22N6O2/c1-4-5-6-21-11-12(19(3)15(23)17-13(11)22)16-14(21)20-9-7-18(2)8-10-20/h4-5H,6-10H2,1-3H3,(H,17,22,23). The molecule has 2 aromatic rings. The lowest BCUT2D eigenvalue weighted by molar-refractivity contribution is 0.310. The number of aromatic amines is 1. The smallest absolute Gasteiger partial charge is 0.329 e. The number of nitrogens with zero attached hydrogens (tertiary/aromatic N) is 5. The highest BCUT2D eigenvalue weighted by atomic mass is 16.2. The van der Waals surface area contributed by atoms with Crippen molar-refractivity contribution in [3.63, 3.8) is 0 Å². The van der Waals surface area contributed by atoms with Crippen LogP contribution in [0.1, 0.15) is 6.92 Å². The lowest BCUT2D eigenvalue weighted by atomic mass is 10.3. The fourth-order valence-corrected chi connectivity index (χ4v) is 2.85. The van der Waals surface area contributed by atoms with E-state index in [-0.39, 0.29) is 5.56 Å². The Bertz CT molecular complexity index is 851. The largest absolute Gasteiger partial charge is 0.340 e. The highest BCUT2D eigenvalue weighted by Crippen LogP contribution is 2.20. The Labute approximate surface area is 133 Å². The van der Waals surface area contributed by atoms with Crippen LogP contribution in [0, 0.1) is 0 Å². The summed E-state index contributed by atoms with van der Waals surface area (Å²) >= 11 is 0. The molecule has 0 aliphatic carbocycles. The first-order chi connectivity index (χ1) is 11.0. The van der Waals surface area contributed by atoms with E-state index in [9.17, 15) is 9.59 Å². The molecular formula is C15H22N6O2. The van der Waals surface area contributed by atoms with E-state index >= 15 is 0 Å². The van der Waals surface area contributed by atoms with E-state index in [0.29, 0.717) is 17.7 Å². The summed E-state index contributed by atoms with van der Waals surface area (Å²) < 4.78 is 3.28. The molecule has 2 aromatic heterocycles. The molecular weight excluding hydrogens is 296 g/mol.